The van der Waals surface area contributed by atoms with Crippen molar-refractivity contribution in [2.45, 2.75) is 31.3 Å². The number of aromatic nitrogens is 1. The molecular weight excluding hydrogens is 493 g/mol. The van der Waals surface area contributed by atoms with Crippen LogP contribution in [-0.4, -0.2) is 35.0 Å². The van der Waals surface area contributed by atoms with Crippen LogP contribution in [0.4, 0.5) is 22.0 Å². The van der Waals surface area contributed by atoms with E-state index in [1.807, 2.05) is 13.8 Å². The number of halogens is 6. The number of nitrogens with one attached hydrogen (secondary N) is 1. The summed E-state index contributed by atoms with van der Waals surface area (Å²) in [7, 11) is 0. The minimum atomic E-state index is -4.91. The second-order valence-corrected chi connectivity index (χ2v) is 9.01. The number of benzene rings is 1. The van der Waals surface area contributed by atoms with Gasteiger partial charge in [-0.05, 0) is 30.3 Å². The Balaban J connectivity index is 1.59. The molecule has 12 heteroatoms. The topological polar surface area (TPSA) is 73.5 Å². The van der Waals surface area contributed by atoms with Crippen molar-refractivity contribution >= 4 is 23.1 Å². The Hall–Kier alpha value is -3.23. The lowest BCUT2D eigenvalue weighted by Gasteiger charge is -2.46. The lowest BCUT2D eigenvalue weighted by atomic mass is 9.89. The van der Waals surface area contributed by atoms with Crippen LogP contribution in [0.1, 0.15) is 30.7 Å². The molecule has 1 N–H and O–H groups in total. The summed E-state index contributed by atoms with van der Waals surface area (Å²) >= 11 is 5.69. The van der Waals surface area contributed by atoms with E-state index in [1.54, 1.807) is 11.1 Å². The van der Waals surface area contributed by atoms with Crippen molar-refractivity contribution in [3.8, 4) is 6.19 Å². The molecule has 0 saturated carbocycles. The van der Waals surface area contributed by atoms with E-state index in [1.165, 1.54) is 18.3 Å². The molecule has 1 aromatic heterocycles. The largest absolute Gasteiger partial charge is 0.428 e. The fourth-order valence-electron chi connectivity index (χ4n) is 4.03. The molecule has 3 heterocycles. The maximum Gasteiger partial charge on any atom is 0.428 e. The number of nitriles is 1. The zero-order valence-corrected chi connectivity index (χ0v) is 19.3. The molecule has 184 valence electrons. The first-order valence-corrected chi connectivity index (χ1v) is 10.8. The SMILES string of the molecule is CC(C)C(=NC#N)N1CC(F)(c2ccc(C3=CC(c4ccc(F)c(Cl)c4)(C(F)(F)F)ON3)cn2)C1. The molecule has 1 aromatic carbocycles. The summed E-state index contributed by atoms with van der Waals surface area (Å²) in [4.78, 5) is 14.5. The second-order valence-electron chi connectivity index (χ2n) is 8.60. The van der Waals surface area contributed by atoms with Gasteiger partial charge in [0.1, 0.15) is 11.7 Å². The van der Waals surface area contributed by atoms with E-state index in [2.05, 4.69) is 15.5 Å². The van der Waals surface area contributed by atoms with Gasteiger partial charge in [-0.25, -0.2) is 8.78 Å². The van der Waals surface area contributed by atoms with Crippen LogP contribution in [0.15, 0.2) is 47.6 Å². The monoisotopic (exact) mass is 511 g/mol. The Morgan fingerprint density at radius 2 is 2.00 bits per heavy atom. The van der Waals surface area contributed by atoms with E-state index >= 15 is 4.39 Å². The van der Waals surface area contributed by atoms with Crippen LogP contribution in [0.3, 0.4) is 0 Å². The first-order chi connectivity index (χ1) is 16.4. The first kappa shape index (κ1) is 24.9. The van der Waals surface area contributed by atoms with Gasteiger partial charge < -0.3 is 4.90 Å². The first-order valence-electron chi connectivity index (χ1n) is 10.5. The number of aliphatic imine (C=N–C) groups is 1. The number of likely N-dealkylation sites (tertiary alicyclic amines) is 1. The van der Waals surface area contributed by atoms with Gasteiger partial charge >= 0.3 is 6.18 Å². The summed E-state index contributed by atoms with van der Waals surface area (Å²) < 4.78 is 71.1. The van der Waals surface area contributed by atoms with Gasteiger partial charge in [0.25, 0.3) is 0 Å². The van der Waals surface area contributed by atoms with Crippen LogP contribution in [0.2, 0.25) is 5.02 Å². The third-order valence-electron chi connectivity index (χ3n) is 5.86. The van der Waals surface area contributed by atoms with Gasteiger partial charge in [-0.1, -0.05) is 31.5 Å². The molecule has 1 atom stereocenters. The number of amidine groups is 1. The van der Waals surface area contributed by atoms with Gasteiger partial charge in [-0.2, -0.15) is 23.4 Å². The minimum absolute atomic E-state index is 0.0479. The van der Waals surface area contributed by atoms with Crippen LogP contribution < -0.4 is 5.48 Å². The summed E-state index contributed by atoms with van der Waals surface area (Å²) in [5.74, 6) is -0.462. The van der Waals surface area contributed by atoms with Crippen LogP contribution in [0.25, 0.3) is 5.70 Å². The Morgan fingerprint density at radius 3 is 2.54 bits per heavy atom. The number of pyridine rings is 1. The van der Waals surface area contributed by atoms with Gasteiger partial charge in [0, 0.05) is 23.2 Å². The van der Waals surface area contributed by atoms with Gasteiger partial charge in [0.2, 0.25) is 11.8 Å². The van der Waals surface area contributed by atoms with Gasteiger partial charge in [0.05, 0.1) is 29.5 Å². The van der Waals surface area contributed by atoms with E-state index in [0.717, 1.165) is 24.3 Å². The molecular formula is C23H19ClF5N5O. The van der Waals surface area contributed by atoms with Gasteiger partial charge in [-0.3, -0.25) is 15.3 Å². The minimum Gasteiger partial charge on any atom is -0.352 e. The summed E-state index contributed by atoms with van der Waals surface area (Å²) in [5, 5.41) is 8.36. The van der Waals surface area contributed by atoms with E-state index in [-0.39, 0.29) is 36.0 Å². The van der Waals surface area contributed by atoms with Crippen LogP contribution in [0.5, 0.6) is 0 Å². The van der Waals surface area contributed by atoms with E-state index in [9.17, 15) is 17.6 Å². The Morgan fingerprint density at radius 1 is 1.29 bits per heavy atom. The number of hydroxylamine groups is 1. The smallest absolute Gasteiger partial charge is 0.352 e. The summed E-state index contributed by atoms with van der Waals surface area (Å²) in [6, 6.07) is 5.42. The molecule has 4 rings (SSSR count). The summed E-state index contributed by atoms with van der Waals surface area (Å²) in [6.45, 7) is 3.58. The third kappa shape index (κ3) is 4.32. The highest BCUT2D eigenvalue weighted by molar-refractivity contribution is 6.30. The highest BCUT2D eigenvalue weighted by Crippen LogP contribution is 2.48. The Bertz CT molecular complexity index is 1230. The maximum absolute atomic E-state index is 15.3. The molecule has 0 spiro atoms. The predicted octanol–water partition coefficient (Wildman–Crippen LogP) is 5.22. The molecule has 1 fully saturated rings. The van der Waals surface area contributed by atoms with Crippen LogP contribution in [-0.2, 0) is 16.1 Å². The number of hydrogen-bond donors (Lipinski definition) is 1. The normalized spacial score (nSPS) is 21.9. The fourth-order valence-corrected chi connectivity index (χ4v) is 4.21. The molecule has 1 saturated heterocycles. The van der Waals surface area contributed by atoms with E-state index in [4.69, 9.17) is 21.7 Å². The molecule has 2 aliphatic heterocycles. The molecule has 1 unspecified atom stereocenters. The van der Waals surface area contributed by atoms with Crippen molar-refractivity contribution in [3.63, 3.8) is 0 Å². The van der Waals surface area contributed by atoms with Gasteiger partial charge in [0.15, 0.2) is 5.67 Å². The highest BCUT2D eigenvalue weighted by atomic mass is 35.5. The second kappa shape index (κ2) is 8.77. The maximum atomic E-state index is 15.3. The number of rotatable bonds is 4. The zero-order valence-electron chi connectivity index (χ0n) is 18.5. The van der Waals surface area contributed by atoms with Gasteiger partial charge in [-0.15, -0.1) is 0 Å². The number of alkyl halides is 4. The Labute approximate surface area is 202 Å². The molecule has 35 heavy (non-hydrogen) atoms. The molecule has 0 bridgehead atoms. The zero-order chi connectivity index (χ0) is 25.6. The molecule has 0 radical (unpaired) electrons. The van der Waals surface area contributed by atoms with Crippen LogP contribution >= 0.6 is 11.6 Å². The number of hydrogen-bond acceptors (Lipinski definition) is 5. The van der Waals surface area contributed by atoms with Crippen molar-refractivity contribution < 1.29 is 26.8 Å². The number of nitrogens with zero attached hydrogens (tertiary/aromatic N) is 4. The average molecular weight is 512 g/mol. The molecule has 0 aliphatic carbocycles. The third-order valence-corrected chi connectivity index (χ3v) is 6.15. The van der Waals surface area contributed by atoms with Crippen molar-refractivity contribution in [3.05, 3.63) is 70.3 Å². The lowest BCUT2D eigenvalue weighted by Crippen LogP contribution is -2.60. The molecule has 2 aromatic rings. The summed E-state index contributed by atoms with van der Waals surface area (Å²) in [6.07, 6.45) is -1.16. The standard InChI is InChI=1S/C23H19ClF5N5O/c1-13(2)20(32-12-30)34-10-21(26,11-34)19-6-3-14(9-31-19)18-8-22(35-33-18,23(27,28)29)15-4-5-17(25)16(24)7-15/h3-9,13,33H,10-11H2,1-2H3. The highest BCUT2D eigenvalue weighted by Gasteiger charge is 2.59. The lowest BCUT2D eigenvalue weighted by molar-refractivity contribution is -0.269. The van der Waals surface area contributed by atoms with E-state index in [0.29, 0.717) is 5.84 Å². The quantitative estimate of drug-likeness (QED) is 0.263. The molecule has 2 aliphatic rings. The molecule has 6 nitrogen and oxygen atoms in total. The van der Waals surface area contributed by atoms with Crippen molar-refractivity contribution in [2.24, 2.45) is 10.9 Å². The van der Waals surface area contributed by atoms with Crippen molar-refractivity contribution in [1.29, 1.82) is 5.26 Å². The fraction of sp³-hybridized carbons (Fsp3) is 0.348. The van der Waals surface area contributed by atoms with Crippen LogP contribution in [0, 0.1) is 23.2 Å². The van der Waals surface area contributed by atoms with Crippen molar-refractivity contribution in [2.75, 3.05) is 13.1 Å². The van der Waals surface area contributed by atoms with Crippen molar-refractivity contribution in [1.82, 2.24) is 15.4 Å². The predicted molar refractivity (Wildman–Crippen MR) is 118 cm³/mol. The average Bonchev–Trinajstić information content (AvgIpc) is 3.24. The molecule has 0 amide bonds. The Kier molecular flexibility index (Phi) is 6.23. The summed E-state index contributed by atoms with van der Waals surface area (Å²) in [5.41, 5.74) is -2.59. The van der Waals surface area contributed by atoms with E-state index < -0.39 is 33.8 Å².